The number of carbonyl (C=O) groups excluding carboxylic acids is 2. The number of carbonyl (C=O) groups is 2. The first kappa shape index (κ1) is 25.1. The van der Waals surface area contributed by atoms with E-state index in [9.17, 15) is 18.4 Å². The Labute approximate surface area is 210 Å². The molecule has 1 fully saturated rings. The monoisotopic (exact) mass is 516 g/mol. The molecule has 12 heteroatoms. The highest BCUT2D eigenvalue weighted by molar-refractivity contribution is 6.30. The molecule has 0 spiro atoms. The standard InChI is InChI=1S/C24H23ClF2N6O3/c25-15-5-9-19(30-12-15)36-17-6-3-14(4-7-17)22-21(24(29)35)23(28)33(31-22)16-2-1-11-32(13-16)20(34)10-8-18(26)27/h3-10,12,16,18H,1-2,11,13,28H2,(H2,29,35)/t16-/m1/s1. The van der Waals surface area contributed by atoms with Crippen LogP contribution in [0, 0.1) is 0 Å². The lowest BCUT2D eigenvalue weighted by atomic mass is 10.1. The van der Waals surface area contributed by atoms with Crippen LogP contribution in [0.4, 0.5) is 14.6 Å². The van der Waals surface area contributed by atoms with Crippen LogP contribution in [0.5, 0.6) is 11.6 Å². The number of nitrogens with two attached hydrogens (primary N) is 2. The molecule has 1 aliphatic heterocycles. The Morgan fingerprint density at radius 3 is 2.58 bits per heavy atom. The summed E-state index contributed by atoms with van der Waals surface area (Å²) in [5, 5.41) is 5.05. The van der Waals surface area contributed by atoms with E-state index in [1.165, 1.54) is 15.8 Å². The van der Waals surface area contributed by atoms with Crippen molar-refractivity contribution < 1.29 is 23.1 Å². The molecule has 2 amide bonds. The van der Waals surface area contributed by atoms with Gasteiger partial charge in [-0.05, 0) is 49.2 Å². The zero-order valence-electron chi connectivity index (χ0n) is 19.0. The summed E-state index contributed by atoms with van der Waals surface area (Å²) in [6, 6.07) is 9.70. The van der Waals surface area contributed by atoms with Crippen molar-refractivity contribution in [2.24, 2.45) is 5.73 Å². The maximum atomic E-state index is 12.4. The number of benzene rings is 1. The molecule has 0 bridgehead atoms. The average Bonchev–Trinajstić information content (AvgIpc) is 3.21. The van der Waals surface area contributed by atoms with Gasteiger partial charge in [0.05, 0.1) is 11.1 Å². The number of primary amides is 1. The summed E-state index contributed by atoms with van der Waals surface area (Å²) in [5.41, 5.74) is 12.8. The smallest absolute Gasteiger partial charge is 0.257 e. The fourth-order valence-corrected chi connectivity index (χ4v) is 4.12. The summed E-state index contributed by atoms with van der Waals surface area (Å²) in [6.07, 6.45) is 1.42. The van der Waals surface area contributed by atoms with E-state index >= 15 is 0 Å². The van der Waals surface area contributed by atoms with Gasteiger partial charge in [0.1, 0.15) is 22.8 Å². The highest BCUT2D eigenvalue weighted by Crippen LogP contribution is 2.33. The van der Waals surface area contributed by atoms with E-state index in [0.717, 1.165) is 6.08 Å². The first-order valence-corrected chi connectivity index (χ1v) is 11.4. The molecule has 1 atom stereocenters. The van der Waals surface area contributed by atoms with E-state index in [4.69, 9.17) is 27.8 Å². The number of halogens is 3. The van der Waals surface area contributed by atoms with Gasteiger partial charge in [0.15, 0.2) is 0 Å². The van der Waals surface area contributed by atoms with Gasteiger partial charge >= 0.3 is 0 Å². The van der Waals surface area contributed by atoms with E-state index in [1.54, 1.807) is 36.4 Å². The lowest BCUT2D eigenvalue weighted by Crippen LogP contribution is -2.40. The number of amides is 2. The number of anilines is 1. The minimum absolute atomic E-state index is 0.0593. The van der Waals surface area contributed by atoms with Crippen molar-refractivity contribution in [3.05, 3.63) is 65.3 Å². The third-order valence-corrected chi connectivity index (χ3v) is 5.91. The summed E-state index contributed by atoms with van der Waals surface area (Å²) in [7, 11) is 0. The van der Waals surface area contributed by atoms with Crippen LogP contribution in [0.25, 0.3) is 11.3 Å². The zero-order chi connectivity index (χ0) is 25.8. The van der Waals surface area contributed by atoms with Crippen molar-refractivity contribution >= 4 is 29.2 Å². The number of rotatable bonds is 7. The summed E-state index contributed by atoms with van der Waals surface area (Å²) in [4.78, 5) is 30.1. The fourth-order valence-electron chi connectivity index (χ4n) is 4.01. The molecule has 9 nitrogen and oxygen atoms in total. The van der Waals surface area contributed by atoms with Crippen molar-refractivity contribution in [1.29, 1.82) is 0 Å². The molecule has 0 aliphatic carbocycles. The number of alkyl halides is 2. The highest BCUT2D eigenvalue weighted by Gasteiger charge is 2.29. The number of aromatic nitrogens is 3. The third-order valence-electron chi connectivity index (χ3n) is 5.68. The van der Waals surface area contributed by atoms with Crippen molar-refractivity contribution in [1.82, 2.24) is 19.7 Å². The van der Waals surface area contributed by atoms with Crippen molar-refractivity contribution in [2.45, 2.75) is 25.3 Å². The van der Waals surface area contributed by atoms with Crippen LogP contribution in [0.2, 0.25) is 5.02 Å². The minimum Gasteiger partial charge on any atom is -0.439 e. The Morgan fingerprint density at radius 2 is 1.94 bits per heavy atom. The molecule has 1 aliphatic rings. The topological polar surface area (TPSA) is 129 Å². The molecule has 4 rings (SSSR count). The second kappa shape index (κ2) is 10.7. The lowest BCUT2D eigenvalue weighted by Gasteiger charge is -2.32. The molecule has 4 N–H and O–H groups in total. The van der Waals surface area contributed by atoms with Gasteiger partial charge in [0, 0.05) is 37.0 Å². The van der Waals surface area contributed by atoms with E-state index in [2.05, 4.69) is 10.1 Å². The second-order valence-corrected chi connectivity index (χ2v) is 8.57. The molecule has 0 unspecified atom stereocenters. The SMILES string of the molecule is NC(=O)c1c(-c2ccc(Oc3ccc(Cl)cn3)cc2)nn([C@@H]2CCCN(C(=O)C=CC(F)F)C2)c1N. The maximum absolute atomic E-state index is 12.4. The Kier molecular flexibility index (Phi) is 7.49. The molecule has 0 saturated carbocycles. The zero-order valence-corrected chi connectivity index (χ0v) is 19.7. The molecule has 188 valence electrons. The number of allylic oxidation sites excluding steroid dienone is 1. The predicted molar refractivity (Wildman–Crippen MR) is 130 cm³/mol. The summed E-state index contributed by atoms with van der Waals surface area (Å²) >= 11 is 5.84. The number of hydrogen-bond acceptors (Lipinski definition) is 6. The second-order valence-electron chi connectivity index (χ2n) is 8.13. The van der Waals surface area contributed by atoms with Crippen molar-refractivity contribution in [3.63, 3.8) is 0 Å². The summed E-state index contributed by atoms with van der Waals surface area (Å²) < 4.78 is 32.1. The van der Waals surface area contributed by atoms with E-state index in [-0.39, 0.29) is 29.7 Å². The molecular weight excluding hydrogens is 494 g/mol. The first-order chi connectivity index (χ1) is 17.2. The van der Waals surface area contributed by atoms with E-state index in [0.29, 0.717) is 47.7 Å². The van der Waals surface area contributed by atoms with Gasteiger partial charge in [0.2, 0.25) is 11.8 Å². The van der Waals surface area contributed by atoms with Crippen molar-refractivity contribution in [2.75, 3.05) is 18.8 Å². The minimum atomic E-state index is -2.71. The Bertz CT molecular complexity index is 1280. The largest absolute Gasteiger partial charge is 0.439 e. The predicted octanol–water partition coefficient (Wildman–Crippen LogP) is 4.06. The molecule has 2 aromatic heterocycles. The van der Waals surface area contributed by atoms with Gasteiger partial charge in [-0.2, -0.15) is 5.10 Å². The summed E-state index contributed by atoms with van der Waals surface area (Å²) in [5.74, 6) is -0.335. The molecule has 36 heavy (non-hydrogen) atoms. The van der Waals surface area contributed by atoms with Crippen LogP contribution < -0.4 is 16.2 Å². The fraction of sp³-hybridized carbons (Fsp3) is 0.250. The quantitative estimate of drug-likeness (QED) is 0.456. The molecular formula is C24H23ClF2N6O3. The molecule has 3 heterocycles. The number of pyridine rings is 1. The Hall–Kier alpha value is -3.99. The number of hydrogen-bond donors (Lipinski definition) is 2. The third kappa shape index (κ3) is 5.62. The number of nitrogen functional groups attached to an aromatic ring is 1. The van der Waals surface area contributed by atoms with Crippen LogP contribution in [-0.4, -0.2) is 51.0 Å². The highest BCUT2D eigenvalue weighted by atomic mass is 35.5. The molecule has 1 aromatic carbocycles. The van der Waals surface area contributed by atoms with Crippen LogP contribution in [0.1, 0.15) is 29.2 Å². The molecule has 3 aromatic rings. The number of piperidine rings is 1. The van der Waals surface area contributed by atoms with Gasteiger partial charge in [-0.15, -0.1) is 0 Å². The van der Waals surface area contributed by atoms with E-state index in [1.807, 2.05) is 0 Å². The van der Waals surface area contributed by atoms with Gasteiger partial charge in [-0.3, -0.25) is 9.59 Å². The molecule has 1 saturated heterocycles. The number of likely N-dealkylation sites (tertiary alicyclic amines) is 1. The van der Waals surface area contributed by atoms with Crippen molar-refractivity contribution in [3.8, 4) is 22.9 Å². The van der Waals surface area contributed by atoms with Gasteiger partial charge in [0.25, 0.3) is 12.3 Å². The van der Waals surface area contributed by atoms with Gasteiger partial charge in [-0.25, -0.2) is 18.4 Å². The van der Waals surface area contributed by atoms with Gasteiger partial charge in [-0.1, -0.05) is 11.6 Å². The normalized spacial score (nSPS) is 16.0. The molecule has 0 radical (unpaired) electrons. The Balaban J connectivity index is 1.58. The summed E-state index contributed by atoms with van der Waals surface area (Å²) in [6.45, 7) is 0.625. The van der Waals surface area contributed by atoms with Gasteiger partial charge < -0.3 is 21.1 Å². The first-order valence-electron chi connectivity index (χ1n) is 11.1. The van der Waals surface area contributed by atoms with Crippen LogP contribution in [0.15, 0.2) is 54.7 Å². The van der Waals surface area contributed by atoms with Crippen LogP contribution in [0.3, 0.4) is 0 Å². The number of ether oxygens (including phenoxy) is 1. The maximum Gasteiger partial charge on any atom is 0.257 e. The van der Waals surface area contributed by atoms with Crippen LogP contribution >= 0.6 is 11.6 Å². The average molecular weight is 517 g/mol. The van der Waals surface area contributed by atoms with E-state index < -0.39 is 18.2 Å². The van der Waals surface area contributed by atoms with Crippen LogP contribution in [-0.2, 0) is 4.79 Å². The lowest BCUT2D eigenvalue weighted by molar-refractivity contribution is -0.127. The Morgan fingerprint density at radius 1 is 1.19 bits per heavy atom. The number of nitrogens with zero attached hydrogens (tertiary/aromatic N) is 4.